The minimum Gasteiger partial charge on any atom is -0.508 e. The first-order valence-corrected chi connectivity index (χ1v) is 16.6. The van der Waals surface area contributed by atoms with Gasteiger partial charge < -0.3 is 10.2 Å². The molecule has 0 spiro atoms. The maximum atomic E-state index is 12.0. The Morgan fingerprint density at radius 2 is 1.21 bits per heavy atom. The van der Waals surface area contributed by atoms with E-state index < -0.39 is 0 Å². The van der Waals surface area contributed by atoms with E-state index in [0.717, 1.165) is 12.8 Å². The van der Waals surface area contributed by atoms with Crippen LogP contribution in [0, 0.1) is 23.8 Å². The largest absolute Gasteiger partial charge is 0.508 e. The van der Waals surface area contributed by atoms with Crippen molar-refractivity contribution in [2.24, 2.45) is 0 Å². The number of hydrogen-bond donors (Lipinski definition) is 2. The van der Waals surface area contributed by atoms with E-state index in [1.54, 1.807) is 23.3 Å². The van der Waals surface area contributed by atoms with Crippen molar-refractivity contribution >= 4 is 5.43 Å². The van der Waals surface area contributed by atoms with Crippen molar-refractivity contribution in [3.8, 4) is 11.5 Å². The minimum absolute atomic E-state index is 0.0893. The van der Waals surface area contributed by atoms with Gasteiger partial charge in [-0.25, -0.2) is 32.1 Å². The molecular formula is C27H32F2O2SiZr. The van der Waals surface area contributed by atoms with Crippen molar-refractivity contribution in [3.05, 3.63) is 107 Å². The zero-order valence-corrected chi connectivity index (χ0v) is 23.4. The topological polar surface area (TPSA) is 40.5 Å². The van der Waals surface area contributed by atoms with Gasteiger partial charge in [0.1, 0.15) is 23.1 Å². The molecule has 0 aliphatic heterocycles. The zero-order chi connectivity index (χ0) is 25.2. The molecule has 0 saturated carbocycles. The van der Waals surface area contributed by atoms with Crippen molar-refractivity contribution in [2.75, 3.05) is 0 Å². The summed E-state index contributed by atoms with van der Waals surface area (Å²) in [7, 11) is 0. The summed E-state index contributed by atoms with van der Waals surface area (Å²) in [6, 6.07) is 10.0. The van der Waals surface area contributed by atoms with E-state index in [9.17, 15) is 8.78 Å². The standard InChI is InChI=1S/C7H9.2C6H5FO.C6H7.C2H6Si.Zr/c1-6-4-3-5-7(6)2;2*7-5-1-3-6(8)4-2-5;1-6-4-2-3-5-6;1-3-2;/h4H,5H2,1-2H3;2*1-4,8H;4-5H,2H2,1H3;1-2H3;/q-1;;;-1;;+2. The van der Waals surface area contributed by atoms with Crippen LogP contribution < -0.4 is 0 Å². The van der Waals surface area contributed by atoms with Crippen LogP contribution in [0.1, 0.15) is 33.6 Å². The first-order valence-electron chi connectivity index (χ1n) is 10.4. The average Bonchev–Trinajstić information content (AvgIpc) is 3.38. The van der Waals surface area contributed by atoms with Gasteiger partial charge in [0.2, 0.25) is 0 Å². The summed E-state index contributed by atoms with van der Waals surface area (Å²) < 4.78 is 24.0. The van der Waals surface area contributed by atoms with E-state index in [-0.39, 0.29) is 28.6 Å². The summed E-state index contributed by atoms with van der Waals surface area (Å²) in [5.41, 5.74) is 4.40. The van der Waals surface area contributed by atoms with Gasteiger partial charge in [-0.15, -0.1) is 26.7 Å². The monoisotopic (exact) mass is 544 g/mol. The van der Waals surface area contributed by atoms with Gasteiger partial charge in [0.15, 0.2) is 0 Å². The molecule has 0 heterocycles. The van der Waals surface area contributed by atoms with Gasteiger partial charge in [-0.3, -0.25) is 12.2 Å². The van der Waals surface area contributed by atoms with E-state index in [4.69, 9.17) is 10.2 Å². The van der Waals surface area contributed by atoms with E-state index in [0.29, 0.717) is 0 Å². The Morgan fingerprint density at radius 1 is 0.788 bits per heavy atom. The molecule has 2 N–H and O–H groups in total. The SMILES string of the molecule is CC1=C(C)C[C-]=C1.CC1=CC[C-]=C1.C[Si](C)=[Zr+2].Oc1ccc(F)cc1.Oc1ccc(F)cc1. The molecule has 33 heavy (non-hydrogen) atoms. The number of benzene rings is 2. The molecule has 174 valence electrons. The van der Waals surface area contributed by atoms with Crippen LogP contribution in [0.2, 0.25) is 13.1 Å². The van der Waals surface area contributed by atoms with Gasteiger partial charge >= 0.3 is 41.9 Å². The summed E-state index contributed by atoms with van der Waals surface area (Å²) in [6.07, 6.45) is 14.5. The molecule has 2 aliphatic rings. The maximum absolute atomic E-state index is 12.0. The molecule has 0 unspecified atom stereocenters. The molecule has 2 nitrogen and oxygen atoms in total. The Labute approximate surface area is 212 Å². The third kappa shape index (κ3) is 19.2. The fourth-order valence-electron chi connectivity index (χ4n) is 2.00. The number of rotatable bonds is 0. The molecule has 2 aromatic carbocycles. The Bertz CT molecular complexity index is 868. The van der Waals surface area contributed by atoms with Gasteiger partial charge in [-0.2, -0.15) is 11.6 Å². The first-order chi connectivity index (χ1) is 15.5. The second kappa shape index (κ2) is 18.4. The average molecular weight is 546 g/mol. The normalized spacial score (nSPS) is 12.7. The Hall–Kier alpha value is -2.04. The summed E-state index contributed by atoms with van der Waals surface area (Å²) in [4.78, 5) is 0. The van der Waals surface area contributed by atoms with Crippen molar-refractivity contribution < 1.29 is 42.3 Å². The molecule has 6 heteroatoms. The molecule has 2 aromatic rings. The summed E-state index contributed by atoms with van der Waals surface area (Å²) in [5, 5.41) is 17.2. The molecule has 0 amide bonds. The van der Waals surface area contributed by atoms with Crippen molar-refractivity contribution in [3.63, 3.8) is 0 Å². The van der Waals surface area contributed by atoms with Crippen LogP contribution in [0.25, 0.3) is 0 Å². The smallest absolute Gasteiger partial charge is 0.123 e. The number of allylic oxidation sites excluding steroid dienone is 8. The van der Waals surface area contributed by atoms with E-state index >= 15 is 0 Å². The number of phenols is 2. The maximum Gasteiger partial charge on any atom is 0.123 e. The second-order valence-corrected chi connectivity index (χ2v) is 16.8. The van der Waals surface area contributed by atoms with Crippen LogP contribution in [0.15, 0.2) is 83.5 Å². The van der Waals surface area contributed by atoms with E-state index in [1.165, 1.54) is 65.3 Å². The molecule has 0 saturated heterocycles. The van der Waals surface area contributed by atoms with Crippen LogP contribution >= 0.6 is 0 Å². The fraction of sp³-hybridized carbons (Fsp3) is 0.259. The summed E-state index contributed by atoms with van der Waals surface area (Å²) >= 11 is 1.74. The number of phenolic OH excluding ortho intramolecular Hbond substituents is 2. The van der Waals surface area contributed by atoms with Crippen molar-refractivity contribution in [1.29, 1.82) is 0 Å². The third-order valence-electron chi connectivity index (χ3n) is 3.88. The molecule has 0 aromatic heterocycles. The predicted molar refractivity (Wildman–Crippen MR) is 131 cm³/mol. The Kier molecular flexibility index (Phi) is 17.3. The van der Waals surface area contributed by atoms with Crippen LogP contribution in [-0.4, -0.2) is 15.6 Å². The quantitative estimate of drug-likeness (QED) is 0.264. The number of halogens is 2. The molecule has 4 rings (SSSR count). The Balaban J connectivity index is 0.000000395. The molecule has 0 bridgehead atoms. The number of hydrogen-bond acceptors (Lipinski definition) is 2. The van der Waals surface area contributed by atoms with Gasteiger partial charge in [-0.05, 0) is 48.5 Å². The Morgan fingerprint density at radius 3 is 1.36 bits per heavy atom. The summed E-state index contributed by atoms with van der Waals surface area (Å²) in [5.74, 6) is -0.483. The summed E-state index contributed by atoms with van der Waals surface area (Å²) in [6.45, 7) is 11.0. The molecule has 2 aliphatic carbocycles. The minimum atomic E-state index is -0.331. The van der Waals surface area contributed by atoms with Crippen LogP contribution in [0.3, 0.4) is 0 Å². The van der Waals surface area contributed by atoms with E-state index in [1.807, 2.05) is 6.08 Å². The van der Waals surface area contributed by atoms with Crippen molar-refractivity contribution in [2.45, 2.75) is 46.7 Å². The van der Waals surface area contributed by atoms with Gasteiger partial charge in [0.05, 0.1) is 0 Å². The van der Waals surface area contributed by atoms with Gasteiger partial charge in [0.25, 0.3) is 0 Å². The second-order valence-electron chi connectivity index (χ2n) is 7.44. The first kappa shape index (κ1) is 31.0. The predicted octanol–water partition coefficient (Wildman–Crippen LogP) is 7.63. The van der Waals surface area contributed by atoms with Crippen LogP contribution in [0.4, 0.5) is 8.78 Å². The third-order valence-corrected chi connectivity index (χ3v) is 3.88. The van der Waals surface area contributed by atoms with Crippen LogP contribution in [0.5, 0.6) is 11.5 Å². The molecule has 0 atom stereocenters. The van der Waals surface area contributed by atoms with Gasteiger partial charge in [-0.1, -0.05) is 6.92 Å². The molecule has 0 radical (unpaired) electrons. The van der Waals surface area contributed by atoms with Crippen LogP contribution in [-0.2, 0) is 23.3 Å². The fourth-order valence-corrected chi connectivity index (χ4v) is 2.00. The molecular weight excluding hydrogens is 514 g/mol. The van der Waals surface area contributed by atoms with E-state index in [2.05, 4.69) is 58.2 Å². The van der Waals surface area contributed by atoms with Gasteiger partial charge in [0, 0.05) is 0 Å². The zero-order valence-electron chi connectivity index (χ0n) is 19.9. The van der Waals surface area contributed by atoms with Crippen molar-refractivity contribution in [1.82, 2.24) is 0 Å². The molecule has 0 fully saturated rings. The number of aromatic hydroxyl groups is 2.